The van der Waals surface area contributed by atoms with E-state index < -0.39 is 0 Å². The van der Waals surface area contributed by atoms with Crippen molar-refractivity contribution < 1.29 is 8.98 Å². The van der Waals surface area contributed by atoms with Gasteiger partial charge in [0.2, 0.25) is 5.76 Å². The number of benzene rings is 4. The number of rotatable bonds is 2. The molecule has 176 valence electrons. The highest BCUT2D eigenvalue weighted by Crippen LogP contribution is 2.42. The van der Waals surface area contributed by atoms with Gasteiger partial charge in [-0.3, -0.25) is 0 Å². The number of hydrogen-bond acceptors (Lipinski definition) is 2. The van der Waals surface area contributed by atoms with E-state index in [-0.39, 0.29) is 0 Å². The van der Waals surface area contributed by atoms with Crippen molar-refractivity contribution in [2.45, 2.75) is 6.92 Å². The number of aryl methyl sites for hydroxylation is 2. The standard InChI is InChI=1S/C33H23N2OS/c1-20-22-9-5-8-14-29(22)36-32(20)31-33-26(17-18-34(31)2)25-16-15-21(19-30(25)37-33)35-27-12-6-3-10-23(27)24-11-4-7-13-28(24)35/h3-19H,1-2H3/q+1. The van der Waals surface area contributed by atoms with E-state index >= 15 is 0 Å². The molecule has 0 atom stereocenters. The summed E-state index contributed by atoms with van der Waals surface area (Å²) in [5.74, 6) is 0.948. The van der Waals surface area contributed by atoms with Crippen LogP contribution in [0.1, 0.15) is 5.56 Å². The molecule has 3 nitrogen and oxygen atoms in total. The SMILES string of the molecule is Cc1c(-c2c3sc4cc(-n5c6ccccc6c6ccccc65)ccc4c3cc[n+]2C)oc2ccccc12. The van der Waals surface area contributed by atoms with Crippen molar-refractivity contribution in [2.75, 3.05) is 0 Å². The van der Waals surface area contributed by atoms with Crippen LogP contribution in [-0.4, -0.2) is 4.57 Å². The molecule has 37 heavy (non-hydrogen) atoms. The Kier molecular flexibility index (Phi) is 4.23. The second kappa shape index (κ2) is 7.55. The number of fused-ring (bicyclic) bond motifs is 7. The first-order valence-electron chi connectivity index (χ1n) is 12.5. The highest BCUT2D eigenvalue weighted by atomic mass is 32.1. The molecule has 0 unspecified atom stereocenters. The van der Waals surface area contributed by atoms with Crippen molar-refractivity contribution in [2.24, 2.45) is 7.05 Å². The molecular weight excluding hydrogens is 472 g/mol. The van der Waals surface area contributed by atoms with Gasteiger partial charge in [0.25, 0.3) is 5.69 Å². The van der Waals surface area contributed by atoms with Crippen LogP contribution in [-0.2, 0) is 7.05 Å². The number of nitrogens with zero attached hydrogens (tertiary/aromatic N) is 2. The molecule has 0 saturated heterocycles. The van der Waals surface area contributed by atoms with E-state index in [0.29, 0.717) is 0 Å². The van der Waals surface area contributed by atoms with Crippen molar-refractivity contribution in [3.05, 3.63) is 109 Å². The largest absolute Gasteiger partial charge is 0.449 e. The molecule has 8 aromatic rings. The first-order chi connectivity index (χ1) is 18.2. The lowest BCUT2D eigenvalue weighted by atomic mass is 10.1. The van der Waals surface area contributed by atoms with Crippen LogP contribution >= 0.6 is 11.3 Å². The summed E-state index contributed by atoms with van der Waals surface area (Å²) >= 11 is 1.84. The van der Waals surface area contributed by atoms with Gasteiger partial charge in [-0.25, -0.2) is 0 Å². The highest BCUT2D eigenvalue weighted by molar-refractivity contribution is 7.26. The maximum atomic E-state index is 6.43. The summed E-state index contributed by atoms with van der Waals surface area (Å²) in [7, 11) is 2.11. The van der Waals surface area contributed by atoms with Gasteiger partial charge in [-0.2, -0.15) is 4.57 Å². The monoisotopic (exact) mass is 495 g/mol. The second-order valence-electron chi connectivity index (χ2n) is 9.72. The number of aromatic nitrogens is 2. The number of furan rings is 1. The Bertz CT molecular complexity index is 2120. The van der Waals surface area contributed by atoms with E-state index in [1.54, 1.807) is 0 Å². The molecule has 0 fully saturated rings. The zero-order valence-electron chi connectivity index (χ0n) is 20.5. The van der Waals surface area contributed by atoms with E-state index in [0.717, 1.165) is 17.0 Å². The van der Waals surface area contributed by atoms with Gasteiger partial charge < -0.3 is 8.98 Å². The fourth-order valence-electron chi connectivity index (χ4n) is 5.87. The summed E-state index contributed by atoms with van der Waals surface area (Å²) in [6.07, 6.45) is 2.15. The predicted molar refractivity (Wildman–Crippen MR) is 155 cm³/mol. The Labute approximate surface area is 217 Å². The molecule has 0 amide bonds. The van der Waals surface area contributed by atoms with Crippen molar-refractivity contribution >= 4 is 64.3 Å². The fraction of sp³-hybridized carbons (Fsp3) is 0.0606. The summed E-state index contributed by atoms with van der Waals surface area (Å²) in [4.78, 5) is 0. The van der Waals surface area contributed by atoms with Gasteiger partial charge in [0.1, 0.15) is 17.3 Å². The minimum atomic E-state index is 0.932. The summed E-state index contributed by atoms with van der Waals surface area (Å²) in [6.45, 7) is 2.16. The summed E-state index contributed by atoms with van der Waals surface area (Å²) in [5, 5.41) is 6.28. The van der Waals surface area contributed by atoms with Crippen LogP contribution in [0.4, 0.5) is 0 Å². The zero-order chi connectivity index (χ0) is 24.7. The highest BCUT2D eigenvalue weighted by Gasteiger charge is 2.25. The van der Waals surface area contributed by atoms with Crippen LogP contribution in [0.25, 0.3) is 70.1 Å². The molecule has 0 aliphatic carbocycles. The molecule has 0 aliphatic rings. The van der Waals surface area contributed by atoms with E-state index in [2.05, 4.69) is 120 Å². The molecular formula is C33H23N2OS+. The molecule has 8 rings (SSSR count). The quantitative estimate of drug-likeness (QED) is 0.220. The van der Waals surface area contributed by atoms with E-state index in [1.165, 1.54) is 58.6 Å². The Morgan fingerprint density at radius 2 is 1.38 bits per heavy atom. The van der Waals surface area contributed by atoms with Crippen molar-refractivity contribution in [1.29, 1.82) is 0 Å². The molecule has 4 aromatic carbocycles. The fourth-order valence-corrected chi connectivity index (χ4v) is 7.18. The Morgan fingerprint density at radius 1 is 0.703 bits per heavy atom. The van der Waals surface area contributed by atoms with Crippen molar-refractivity contribution in [1.82, 2.24) is 4.57 Å². The minimum absolute atomic E-state index is 0.932. The third-order valence-corrected chi connectivity index (χ3v) is 8.82. The normalized spacial score (nSPS) is 12.1. The van der Waals surface area contributed by atoms with E-state index in [1.807, 2.05) is 17.4 Å². The smallest absolute Gasteiger partial charge is 0.266 e. The van der Waals surface area contributed by atoms with Gasteiger partial charge in [0, 0.05) is 48.9 Å². The van der Waals surface area contributed by atoms with Crippen molar-refractivity contribution in [3.8, 4) is 17.1 Å². The molecule has 4 heteroatoms. The summed E-state index contributed by atoms with van der Waals surface area (Å²) < 4.78 is 13.5. The van der Waals surface area contributed by atoms with Gasteiger partial charge in [0.05, 0.1) is 11.0 Å². The third-order valence-electron chi connectivity index (χ3n) is 7.64. The molecule has 0 bridgehead atoms. The lowest BCUT2D eigenvalue weighted by molar-refractivity contribution is -0.659. The van der Waals surface area contributed by atoms with Gasteiger partial charge >= 0.3 is 0 Å². The summed E-state index contributed by atoms with van der Waals surface area (Å²) in [5.41, 5.74) is 6.89. The lowest BCUT2D eigenvalue weighted by Crippen LogP contribution is -2.30. The minimum Gasteiger partial charge on any atom is -0.449 e. The van der Waals surface area contributed by atoms with Gasteiger partial charge in [-0.1, -0.05) is 60.7 Å². The molecule has 0 N–H and O–H groups in total. The molecule has 0 radical (unpaired) electrons. The summed E-state index contributed by atoms with van der Waals surface area (Å²) in [6, 6.07) is 34.8. The van der Waals surface area contributed by atoms with Gasteiger partial charge in [0.15, 0.2) is 6.20 Å². The van der Waals surface area contributed by atoms with E-state index in [9.17, 15) is 0 Å². The Balaban J connectivity index is 1.41. The van der Waals surface area contributed by atoms with Gasteiger partial charge in [-0.05, 0) is 37.3 Å². The maximum absolute atomic E-state index is 6.43. The van der Waals surface area contributed by atoms with Crippen LogP contribution in [0.5, 0.6) is 0 Å². The molecule has 4 aromatic heterocycles. The number of hydrogen-bond donors (Lipinski definition) is 0. The first-order valence-corrected chi connectivity index (χ1v) is 13.3. The molecule has 0 saturated carbocycles. The van der Waals surface area contributed by atoms with Crippen LogP contribution in [0.15, 0.2) is 108 Å². The number of pyridine rings is 1. The van der Waals surface area contributed by atoms with Gasteiger partial charge in [-0.15, -0.1) is 11.3 Å². The van der Waals surface area contributed by atoms with E-state index in [4.69, 9.17) is 4.42 Å². The topological polar surface area (TPSA) is 21.9 Å². The number of para-hydroxylation sites is 3. The average Bonchev–Trinajstić information content (AvgIpc) is 3.58. The Morgan fingerprint density at radius 3 is 2.11 bits per heavy atom. The lowest BCUT2D eigenvalue weighted by Gasteiger charge is -2.08. The number of thiophene rings is 1. The maximum Gasteiger partial charge on any atom is 0.266 e. The molecule has 0 aliphatic heterocycles. The first kappa shape index (κ1) is 20.7. The van der Waals surface area contributed by atoms with Crippen molar-refractivity contribution in [3.63, 3.8) is 0 Å². The molecule has 4 heterocycles. The second-order valence-corrected chi connectivity index (χ2v) is 10.8. The third kappa shape index (κ3) is 2.85. The van der Waals surface area contributed by atoms with Crippen LogP contribution in [0.3, 0.4) is 0 Å². The van der Waals surface area contributed by atoms with Crippen LogP contribution in [0, 0.1) is 6.92 Å². The Hall–Kier alpha value is -4.41. The predicted octanol–water partition coefficient (Wildman–Crippen LogP) is 8.70. The van der Waals surface area contributed by atoms with Crippen LogP contribution < -0.4 is 4.57 Å². The molecule has 0 spiro atoms. The zero-order valence-corrected chi connectivity index (χ0v) is 21.3. The average molecular weight is 496 g/mol. The van der Waals surface area contributed by atoms with Crippen LogP contribution in [0.2, 0.25) is 0 Å².